The van der Waals surface area contributed by atoms with Crippen LogP contribution in [0.1, 0.15) is 41.5 Å². The Bertz CT molecular complexity index is 287. The molecule has 0 radical (unpaired) electrons. The molecule has 13 heavy (non-hydrogen) atoms. The molecule has 1 aliphatic rings. The molecule has 0 aromatic rings. The molecule has 0 fully saturated rings. The molecular weight excluding hydrogens is 158 g/mol. The van der Waals surface area contributed by atoms with Crippen LogP contribution in [0.5, 0.6) is 0 Å². The molecule has 0 aromatic heterocycles. The third-order valence-electron chi connectivity index (χ3n) is 3.33. The van der Waals surface area contributed by atoms with Gasteiger partial charge in [-0.3, -0.25) is 0 Å². The third kappa shape index (κ3) is 1.58. The minimum absolute atomic E-state index is 0.178. The molecule has 2 N–H and O–H groups in total. The van der Waals surface area contributed by atoms with E-state index in [9.17, 15) is 0 Å². The van der Waals surface area contributed by atoms with Crippen LogP contribution < -0.4 is 5.73 Å². The maximum atomic E-state index is 6.16. The van der Waals surface area contributed by atoms with Crippen LogP contribution in [0.3, 0.4) is 0 Å². The Hall–Kier alpha value is -0.560. The van der Waals surface area contributed by atoms with E-state index in [1.807, 2.05) is 0 Å². The quantitative estimate of drug-likeness (QED) is 0.658. The number of hydrogen-bond donors (Lipinski definition) is 1. The maximum absolute atomic E-state index is 6.16. The predicted molar refractivity (Wildman–Crippen MR) is 58.5 cm³/mol. The summed E-state index contributed by atoms with van der Waals surface area (Å²) in [4.78, 5) is 0. The molecular formula is C12H21N. The summed E-state index contributed by atoms with van der Waals surface area (Å²) in [7, 11) is 0. The average Bonchev–Trinajstić information content (AvgIpc) is 2.14. The Morgan fingerprint density at radius 3 is 1.69 bits per heavy atom. The highest BCUT2D eigenvalue weighted by atomic mass is 14.7. The second-order valence-electron chi connectivity index (χ2n) is 4.79. The summed E-state index contributed by atoms with van der Waals surface area (Å²) in [6.07, 6.45) is 0. The zero-order valence-corrected chi connectivity index (χ0v) is 9.65. The predicted octanol–water partition coefficient (Wildman–Crippen LogP) is 3.03. The minimum atomic E-state index is -0.178. The summed E-state index contributed by atoms with van der Waals surface area (Å²) in [5.41, 5.74) is 11.7. The summed E-state index contributed by atoms with van der Waals surface area (Å²) in [5.74, 6) is 0.528. The topological polar surface area (TPSA) is 26.0 Å². The minimum Gasteiger partial charge on any atom is -0.322 e. The molecule has 0 saturated carbocycles. The zero-order chi connectivity index (χ0) is 10.4. The third-order valence-corrected chi connectivity index (χ3v) is 3.33. The summed E-state index contributed by atoms with van der Waals surface area (Å²) in [6, 6.07) is 0. The molecule has 1 aliphatic carbocycles. The first-order valence-electron chi connectivity index (χ1n) is 4.94. The number of allylic oxidation sites excluding steroid dienone is 3. The van der Waals surface area contributed by atoms with Crippen molar-refractivity contribution in [3.8, 4) is 0 Å². The van der Waals surface area contributed by atoms with E-state index in [0.717, 1.165) is 0 Å². The number of rotatable bonds is 1. The molecule has 1 rings (SSSR count). The van der Waals surface area contributed by atoms with Crippen molar-refractivity contribution in [3.63, 3.8) is 0 Å². The molecule has 1 nitrogen and oxygen atoms in total. The molecule has 0 aliphatic heterocycles. The second-order valence-corrected chi connectivity index (χ2v) is 4.79. The van der Waals surface area contributed by atoms with Crippen LogP contribution in [0, 0.1) is 5.92 Å². The van der Waals surface area contributed by atoms with Gasteiger partial charge in [-0.2, -0.15) is 0 Å². The summed E-state index contributed by atoms with van der Waals surface area (Å²) in [6.45, 7) is 13.0. The lowest BCUT2D eigenvalue weighted by Gasteiger charge is -2.26. The zero-order valence-electron chi connectivity index (χ0n) is 9.65. The van der Waals surface area contributed by atoms with E-state index in [2.05, 4.69) is 41.5 Å². The highest BCUT2D eigenvalue weighted by molar-refractivity contribution is 5.49. The van der Waals surface area contributed by atoms with Gasteiger partial charge in [-0.15, -0.1) is 0 Å². The van der Waals surface area contributed by atoms with Gasteiger partial charge in [0.2, 0.25) is 0 Å². The molecule has 0 heterocycles. The molecule has 74 valence electrons. The largest absolute Gasteiger partial charge is 0.322 e. The van der Waals surface area contributed by atoms with Gasteiger partial charge in [0.05, 0.1) is 0 Å². The summed E-state index contributed by atoms with van der Waals surface area (Å²) >= 11 is 0. The highest BCUT2D eigenvalue weighted by Crippen LogP contribution is 2.40. The Kier molecular flexibility index (Phi) is 2.42. The lowest BCUT2D eigenvalue weighted by Crippen LogP contribution is -2.36. The fourth-order valence-corrected chi connectivity index (χ4v) is 2.41. The first kappa shape index (κ1) is 10.5. The first-order valence-corrected chi connectivity index (χ1v) is 4.94. The Balaban J connectivity index is 3.19. The molecule has 0 aromatic carbocycles. The van der Waals surface area contributed by atoms with Crippen molar-refractivity contribution >= 4 is 0 Å². The molecule has 1 atom stereocenters. The molecule has 1 heteroatoms. The molecule has 0 amide bonds. The van der Waals surface area contributed by atoms with Crippen molar-refractivity contribution in [1.82, 2.24) is 0 Å². The van der Waals surface area contributed by atoms with Gasteiger partial charge in [0.1, 0.15) is 0 Å². The fourth-order valence-electron chi connectivity index (χ4n) is 2.41. The van der Waals surface area contributed by atoms with Gasteiger partial charge in [-0.05, 0) is 51.3 Å². The van der Waals surface area contributed by atoms with Crippen LogP contribution in [0.15, 0.2) is 22.3 Å². The standard InChI is InChI=1S/C12H21N/c1-7-8(2)10(4)11(9(7)3)12(5,6)13/h9H,13H2,1-6H3. The first-order chi connectivity index (χ1) is 5.76. The van der Waals surface area contributed by atoms with Crippen LogP contribution in [-0.2, 0) is 0 Å². The Labute approximate surface area is 81.7 Å². The van der Waals surface area contributed by atoms with E-state index in [-0.39, 0.29) is 5.54 Å². The van der Waals surface area contributed by atoms with E-state index in [1.165, 1.54) is 22.3 Å². The average molecular weight is 179 g/mol. The summed E-state index contributed by atoms with van der Waals surface area (Å²) < 4.78 is 0. The van der Waals surface area contributed by atoms with Crippen LogP contribution in [0.25, 0.3) is 0 Å². The van der Waals surface area contributed by atoms with Crippen LogP contribution in [0.4, 0.5) is 0 Å². The SMILES string of the molecule is CC1=C(C)C(C)C(C(C)(C)N)=C1C. The van der Waals surface area contributed by atoms with E-state index in [0.29, 0.717) is 5.92 Å². The van der Waals surface area contributed by atoms with Crippen molar-refractivity contribution in [2.45, 2.75) is 47.1 Å². The van der Waals surface area contributed by atoms with Crippen molar-refractivity contribution < 1.29 is 0 Å². The van der Waals surface area contributed by atoms with Crippen molar-refractivity contribution in [2.24, 2.45) is 11.7 Å². The van der Waals surface area contributed by atoms with Crippen LogP contribution in [-0.4, -0.2) is 5.54 Å². The van der Waals surface area contributed by atoms with Gasteiger partial charge in [-0.1, -0.05) is 12.5 Å². The number of nitrogens with two attached hydrogens (primary N) is 1. The Morgan fingerprint density at radius 2 is 1.54 bits per heavy atom. The summed E-state index contributed by atoms with van der Waals surface area (Å²) in [5, 5.41) is 0. The van der Waals surface area contributed by atoms with Gasteiger partial charge in [0.25, 0.3) is 0 Å². The van der Waals surface area contributed by atoms with E-state index in [1.54, 1.807) is 0 Å². The van der Waals surface area contributed by atoms with Crippen molar-refractivity contribution in [3.05, 3.63) is 22.3 Å². The highest BCUT2D eigenvalue weighted by Gasteiger charge is 2.31. The lowest BCUT2D eigenvalue weighted by molar-refractivity contribution is 0.548. The van der Waals surface area contributed by atoms with E-state index >= 15 is 0 Å². The van der Waals surface area contributed by atoms with Gasteiger partial charge in [0.15, 0.2) is 0 Å². The maximum Gasteiger partial charge on any atom is 0.0323 e. The van der Waals surface area contributed by atoms with Crippen LogP contribution >= 0.6 is 0 Å². The fraction of sp³-hybridized carbons (Fsp3) is 0.667. The Morgan fingerprint density at radius 1 is 1.08 bits per heavy atom. The molecule has 0 spiro atoms. The molecule has 0 bridgehead atoms. The van der Waals surface area contributed by atoms with Crippen molar-refractivity contribution in [1.29, 1.82) is 0 Å². The molecule has 1 unspecified atom stereocenters. The van der Waals surface area contributed by atoms with E-state index < -0.39 is 0 Å². The monoisotopic (exact) mass is 179 g/mol. The van der Waals surface area contributed by atoms with Crippen molar-refractivity contribution in [2.75, 3.05) is 0 Å². The van der Waals surface area contributed by atoms with Gasteiger partial charge in [-0.25, -0.2) is 0 Å². The van der Waals surface area contributed by atoms with Gasteiger partial charge < -0.3 is 5.73 Å². The normalized spacial score (nSPS) is 24.7. The van der Waals surface area contributed by atoms with Gasteiger partial charge >= 0.3 is 0 Å². The second kappa shape index (κ2) is 2.98. The molecule has 0 saturated heterocycles. The smallest absolute Gasteiger partial charge is 0.0323 e. The lowest BCUT2D eigenvalue weighted by atomic mass is 9.84. The van der Waals surface area contributed by atoms with Crippen LogP contribution in [0.2, 0.25) is 0 Å². The van der Waals surface area contributed by atoms with Gasteiger partial charge in [0, 0.05) is 11.5 Å². The number of hydrogen-bond acceptors (Lipinski definition) is 1. The van der Waals surface area contributed by atoms with E-state index in [4.69, 9.17) is 5.73 Å².